The van der Waals surface area contributed by atoms with Gasteiger partial charge in [-0.25, -0.2) is 0 Å². The van der Waals surface area contributed by atoms with Gasteiger partial charge in [-0.2, -0.15) is 0 Å². The molecular formula is C6H10N4S2. The van der Waals surface area contributed by atoms with Gasteiger partial charge in [0, 0.05) is 7.05 Å². The lowest BCUT2D eigenvalue weighted by Crippen LogP contribution is -2.23. The maximum atomic E-state index is 4.90. The maximum absolute atomic E-state index is 4.90. The lowest BCUT2D eigenvalue weighted by molar-refractivity contribution is 0.986. The molecule has 1 aromatic heterocycles. The zero-order chi connectivity index (χ0) is 8.97. The fraction of sp³-hybridized carbons (Fsp3) is 0.500. The van der Waals surface area contributed by atoms with Gasteiger partial charge in [0.05, 0.1) is 0 Å². The molecule has 0 spiro atoms. The minimum absolute atomic E-state index is 0.564. The monoisotopic (exact) mass is 202 g/mol. The average Bonchev–Trinajstić information content (AvgIpc) is 2.52. The molecule has 66 valence electrons. The van der Waals surface area contributed by atoms with Crippen molar-refractivity contribution >= 4 is 33.8 Å². The van der Waals surface area contributed by atoms with Gasteiger partial charge >= 0.3 is 0 Å². The summed E-state index contributed by atoms with van der Waals surface area (Å²) in [4.78, 5) is 0. The first kappa shape index (κ1) is 9.34. The first-order valence-electron chi connectivity index (χ1n) is 3.57. The van der Waals surface area contributed by atoms with Crippen LogP contribution in [-0.2, 0) is 6.42 Å². The smallest absolute Gasteiger partial charge is 0.211 e. The Kier molecular flexibility index (Phi) is 3.36. The van der Waals surface area contributed by atoms with Crippen molar-refractivity contribution in [3.63, 3.8) is 0 Å². The van der Waals surface area contributed by atoms with Crippen molar-refractivity contribution in [2.75, 3.05) is 12.4 Å². The van der Waals surface area contributed by atoms with Crippen molar-refractivity contribution in [3.05, 3.63) is 5.01 Å². The van der Waals surface area contributed by atoms with Crippen LogP contribution >= 0.6 is 23.6 Å². The van der Waals surface area contributed by atoms with Crippen molar-refractivity contribution in [1.82, 2.24) is 15.5 Å². The number of thiocarbonyl (C=S) groups is 1. The van der Waals surface area contributed by atoms with Gasteiger partial charge in [-0.15, -0.1) is 10.2 Å². The average molecular weight is 202 g/mol. The Labute approximate surface area is 80.4 Å². The van der Waals surface area contributed by atoms with E-state index in [4.69, 9.17) is 12.2 Å². The minimum atomic E-state index is 0.564. The van der Waals surface area contributed by atoms with Gasteiger partial charge < -0.3 is 10.6 Å². The zero-order valence-electron chi connectivity index (χ0n) is 6.92. The Balaban J connectivity index is 2.58. The third-order valence-corrected chi connectivity index (χ3v) is 2.51. The molecule has 0 bridgehead atoms. The molecule has 4 nitrogen and oxygen atoms in total. The third kappa shape index (κ3) is 2.38. The van der Waals surface area contributed by atoms with Crippen LogP contribution in [0.2, 0.25) is 0 Å². The van der Waals surface area contributed by atoms with E-state index in [1.807, 2.05) is 6.92 Å². The maximum Gasteiger partial charge on any atom is 0.211 e. The van der Waals surface area contributed by atoms with Gasteiger partial charge in [0.1, 0.15) is 5.01 Å². The van der Waals surface area contributed by atoms with Crippen LogP contribution in [0.25, 0.3) is 0 Å². The summed E-state index contributed by atoms with van der Waals surface area (Å²) in [5.74, 6) is 0. The van der Waals surface area contributed by atoms with Crippen molar-refractivity contribution in [3.8, 4) is 0 Å². The Bertz CT molecular complexity index is 270. The standard InChI is InChI=1S/C6H10N4S2/c1-3-4-9-10-6(12-4)8-5(11)7-2/h3H2,1-2H3,(H2,7,8,10,11). The topological polar surface area (TPSA) is 49.8 Å². The molecule has 0 unspecified atom stereocenters. The predicted octanol–water partition coefficient (Wildman–Crippen LogP) is 1.02. The SMILES string of the molecule is CCc1nnc(NC(=S)NC)s1. The highest BCUT2D eigenvalue weighted by Crippen LogP contribution is 2.14. The van der Waals surface area contributed by atoms with E-state index >= 15 is 0 Å². The minimum Gasteiger partial charge on any atom is -0.365 e. The first-order valence-corrected chi connectivity index (χ1v) is 4.79. The molecule has 0 fully saturated rings. The molecule has 0 aliphatic rings. The van der Waals surface area contributed by atoms with E-state index in [0.29, 0.717) is 5.11 Å². The summed E-state index contributed by atoms with van der Waals surface area (Å²) in [5.41, 5.74) is 0. The van der Waals surface area contributed by atoms with Gasteiger partial charge in [-0.3, -0.25) is 0 Å². The van der Waals surface area contributed by atoms with E-state index in [9.17, 15) is 0 Å². The Morgan fingerprint density at radius 1 is 1.58 bits per heavy atom. The highest BCUT2D eigenvalue weighted by molar-refractivity contribution is 7.80. The molecule has 0 aromatic carbocycles. The second-order valence-electron chi connectivity index (χ2n) is 2.06. The summed E-state index contributed by atoms with van der Waals surface area (Å²) in [7, 11) is 1.76. The van der Waals surface area contributed by atoms with Crippen molar-refractivity contribution in [1.29, 1.82) is 0 Å². The molecule has 0 saturated carbocycles. The summed E-state index contributed by atoms with van der Waals surface area (Å²) < 4.78 is 0. The van der Waals surface area contributed by atoms with Crippen LogP contribution in [-0.4, -0.2) is 22.4 Å². The van der Waals surface area contributed by atoms with E-state index < -0.39 is 0 Å². The number of hydrogen-bond donors (Lipinski definition) is 2. The number of anilines is 1. The van der Waals surface area contributed by atoms with E-state index in [-0.39, 0.29) is 0 Å². The Morgan fingerprint density at radius 3 is 2.83 bits per heavy atom. The quantitative estimate of drug-likeness (QED) is 0.701. The summed E-state index contributed by atoms with van der Waals surface area (Å²) in [6.45, 7) is 2.04. The summed E-state index contributed by atoms with van der Waals surface area (Å²) in [6.07, 6.45) is 0.908. The lowest BCUT2D eigenvalue weighted by Gasteiger charge is -2.00. The molecule has 6 heteroatoms. The van der Waals surface area contributed by atoms with Gasteiger partial charge in [0.25, 0.3) is 0 Å². The predicted molar refractivity (Wildman–Crippen MR) is 54.6 cm³/mol. The van der Waals surface area contributed by atoms with Gasteiger partial charge in [0.2, 0.25) is 5.13 Å². The van der Waals surface area contributed by atoms with E-state index in [1.165, 1.54) is 11.3 Å². The van der Waals surface area contributed by atoms with E-state index in [1.54, 1.807) is 7.05 Å². The van der Waals surface area contributed by atoms with Crippen LogP contribution in [0.4, 0.5) is 5.13 Å². The van der Waals surface area contributed by atoms with E-state index in [2.05, 4.69) is 20.8 Å². The van der Waals surface area contributed by atoms with Crippen LogP contribution < -0.4 is 10.6 Å². The van der Waals surface area contributed by atoms with Crippen LogP contribution in [0.15, 0.2) is 0 Å². The second-order valence-corrected chi connectivity index (χ2v) is 3.53. The van der Waals surface area contributed by atoms with Crippen molar-refractivity contribution in [2.45, 2.75) is 13.3 Å². The first-order chi connectivity index (χ1) is 5.76. The molecule has 0 aliphatic carbocycles. The van der Waals surface area contributed by atoms with Crippen molar-refractivity contribution < 1.29 is 0 Å². The Morgan fingerprint density at radius 2 is 2.33 bits per heavy atom. The number of aryl methyl sites for hydroxylation is 1. The summed E-state index contributed by atoms with van der Waals surface area (Å²) >= 11 is 6.42. The third-order valence-electron chi connectivity index (χ3n) is 1.22. The van der Waals surface area contributed by atoms with Gasteiger partial charge in [0.15, 0.2) is 5.11 Å². The molecule has 0 atom stereocenters. The fourth-order valence-corrected chi connectivity index (χ4v) is 1.45. The molecule has 1 rings (SSSR count). The molecule has 0 saturated heterocycles. The molecule has 1 aromatic rings. The highest BCUT2D eigenvalue weighted by Gasteiger charge is 2.01. The molecule has 1 heterocycles. The normalized spacial score (nSPS) is 9.50. The summed E-state index contributed by atoms with van der Waals surface area (Å²) in [6, 6.07) is 0. The summed E-state index contributed by atoms with van der Waals surface area (Å²) in [5, 5.41) is 15.9. The van der Waals surface area contributed by atoms with Crippen molar-refractivity contribution in [2.24, 2.45) is 0 Å². The number of hydrogen-bond acceptors (Lipinski definition) is 4. The zero-order valence-corrected chi connectivity index (χ0v) is 8.55. The number of nitrogens with one attached hydrogen (secondary N) is 2. The largest absolute Gasteiger partial charge is 0.365 e. The number of nitrogens with zero attached hydrogens (tertiary/aromatic N) is 2. The van der Waals surface area contributed by atoms with Crippen LogP contribution in [0.1, 0.15) is 11.9 Å². The Hall–Kier alpha value is -0.750. The highest BCUT2D eigenvalue weighted by atomic mass is 32.1. The number of rotatable bonds is 2. The van der Waals surface area contributed by atoms with Crippen LogP contribution in [0, 0.1) is 0 Å². The number of aromatic nitrogens is 2. The van der Waals surface area contributed by atoms with Gasteiger partial charge in [-0.05, 0) is 18.6 Å². The van der Waals surface area contributed by atoms with Crippen LogP contribution in [0.3, 0.4) is 0 Å². The molecule has 2 N–H and O–H groups in total. The second kappa shape index (κ2) is 4.32. The molecule has 0 amide bonds. The van der Waals surface area contributed by atoms with Gasteiger partial charge in [-0.1, -0.05) is 18.3 Å². The van der Waals surface area contributed by atoms with Crippen LogP contribution in [0.5, 0.6) is 0 Å². The molecule has 0 aliphatic heterocycles. The molecule has 12 heavy (non-hydrogen) atoms. The molecule has 0 radical (unpaired) electrons. The lowest BCUT2D eigenvalue weighted by atomic mass is 10.5. The fourth-order valence-electron chi connectivity index (χ4n) is 0.607. The molecular weight excluding hydrogens is 192 g/mol. The van der Waals surface area contributed by atoms with E-state index in [0.717, 1.165) is 16.6 Å².